The maximum atomic E-state index is 9.90. The molecule has 0 fully saturated rings. The fraction of sp³-hybridized carbons (Fsp3) is 0.714. The fourth-order valence-electron chi connectivity index (χ4n) is 0.809. The van der Waals surface area contributed by atoms with E-state index in [4.69, 9.17) is 4.74 Å². The smallest absolute Gasteiger partial charge is 0.305 e. The van der Waals surface area contributed by atoms with Crippen LogP contribution in [0.5, 0.6) is 0 Å². The summed E-state index contributed by atoms with van der Waals surface area (Å²) in [6.07, 6.45) is 4.16. The van der Waals surface area contributed by atoms with Gasteiger partial charge in [0.25, 0.3) is 0 Å². The van der Waals surface area contributed by atoms with Crippen molar-refractivity contribution in [1.29, 1.82) is 0 Å². The van der Waals surface area contributed by atoms with Crippen molar-refractivity contribution >= 4 is 5.97 Å². The number of rotatable bonds is 9. The summed E-state index contributed by atoms with van der Waals surface area (Å²) in [6.45, 7) is 20.8. The lowest BCUT2D eigenvalue weighted by molar-refractivity contribution is -0.139. The normalized spacial score (nSPS) is 8.59. The van der Waals surface area contributed by atoms with Crippen molar-refractivity contribution in [3.63, 3.8) is 0 Å². The van der Waals surface area contributed by atoms with Gasteiger partial charge in [-0.25, -0.2) is 0 Å². The van der Waals surface area contributed by atoms with Gasteiger partial charge in [0, 0.05) is 47.6 Å². The molecule has 0 spiro atoms. The Hall–Kier alpha value is -0.690. The molecular weight excluding hydrogens is 346 g/mol. The van der Waals surface area contributed by atoms with Gasteiger partial charge in [-0.05, 0) is 53.8 Å². The first-order chi connectivity index (χ1) is 12.8. The Morgan fingerprint density at radius 1 is 0.778 bits per heavy atom. The van der Waals surface area contributed by atoms with E-state index in [1.54, 1.807) is 21.3 Å². The molecule has 6 nitrogen and oxygen atoms in total. The van der Waals surface area contributed by atoms with Crippen molar-refractivity contribution in [3.8, 4) is 0 Å². The highest BCUT2D eigenvalue weighted by Crippen LogP contribution is 1.82. The summed E-state index contributed by atoms with van der Waals surface area (Å²) in [5.41, 5.74) is 0. The first kappa shape index (κ1) is 37.1. The first-order valence-corrected chi connectivity index (χ1v) is 8.97. The highest BCUT2D eigenvalue weighted by atomic mass is 16.5. The summed E-state index contributed by atoms with van der Waals surface area (Å²) >= 11 is 0. The molecule has 0 saturated heterocycles. The Balaban J connectivity index is -0.0000000753. The van der Waals surface area contributed by atoms with Crippen molar-refractivity contribution in [2.75, 3.05) is 68.9 Å². The van der Waals surface area contributed by atoms with E-state index in [2.05, 4.69) is 53.7 Å². The molecule has 0 aliphatic rings. The highest BCUT2D eigenvalue weighted by Gasteiger charge is 1.87. The lowest BCUT2D eigenvalue weighted by Gasteiger charge is -2.03. The Labute approximate surface area is 170 Å². The summed E-state index contributed by atoms with van der Waals surface area (Å²) in [6, 6.07) is 0. The number of carbonyl (C=O) groups is 1. The van der Waals surface area contributed by atoms with Gasteiger partial charge in [0.15, 0.2) is 0 Å². The summed E-state index contributed by atoms with van der Waals surface area (Å²) in [5, 5.41) is 0. The zero-order valence-electron chi connectivity index (χ0n) is 18.9. The second-order valence-corrected chi connectivity index (χ2v) is 5.02. The van der Waals surface area contributed by atoms with Crippen LogP contribution < -0.4 is 0 Å². The predicted molar refractivity (Wildman–Crippen MR) is 116 cm³/mol. The van der Waals surface area contributed by atoms with Crippen LogP contribution in [0.25, 0.3) is 0 Å². The van der Waals surface area contributed by atoms with Crippen LogP contribution >= 0.6 is 0 Å². The van der Waals surface area contributed by atoms with E-state index in [-0.39, 0.29) is 12.4 Å². The zero-order valence-corrected chi connectivity index (χ0v) is 18.9. The molecule has 0 aliphatic heterocycles. The molecule has 0 rings (SSSR count). The van der Waals surface area contributed by atoms with Gasteiger partial charge in [0.2, 0.25) is 0 Å². The second-order valence-electron chi connectivity index (χ2n) is 5.02. The molecule has 27 heavy (non-hydrogen) atoms. The minimum Gasteiger partial charge on any atom is -0.469 e. The molecule has 0 aromatic carbocycles. The number of carbonyl (C=O) groups excluding carboxylic acids is 1. The van der Waals surface area contributed by atoms with Crippen molar-refractivity contribution in [3.05, 3.63) is 34.6 Å². The van der Waals surface area contributed by atoms with Gasteiger partial charge in [-0.2, -0.15) is 0 Å². The first-order valence-electron chi connectivity index (χ1n) is 8.97. The molecule has 0 unspecified atom stereocenters. The van der Waals surface area contributed by atoms with Crippen molar-refractivity contribution in [1.82, 2.24) is 4.90 Å². The monoisotopic (exact) mass is 392 g/mol. The third-order valence-corrected chi connectivity index (χ3v) is 2.19. The maximum absolute atomic E-state index is 9.90. The predicted octanol–water partition coefficient (Wildman–Crippen LogP) is 3.73. The van der Waals surface area contributed by atoms with Crippen LogP contribution in [0.1, 0.15) is 32.1 Å². The van der Waals surface area contributed by atoms with Crippen LogP contribution in [0, 0.1) is 34.6 Å². The second kappa shape index (κ2) is 44.6. The number of ether oxygens (including phenoxy) is 4. The standard InChI is InChI=1S/C5H12N.C5H11O.C4H7O2.C4H9O.C3H7O/c1-4-5-6(2)3;1-3-4-5-6-2;1-3-4(5)6-2;1-3-4-5-2;1-3-4-2/h1,4-5H2,2-3H3;1,3-5H2,2H3;1,3H2,2H3;1,3-4H2,2H3;1,3H2,2H3. The molecule has 0 bridgehead atoms. The average molecular weight is 393 g/mol. The summed E-state index contributed by atoms with van der Waals surface area (Å²) < 4.78 is 18.0. The highest BCUT2D eigenvalue weighted by molar-refractivity contribution is 5.69. The molecule has 0 saturated carbocycles. The van der Waals surface area contributed by atoms with Gasteiger partial charge in [-0.3, -0.25) is 4.79 Å². The van der Waals surface area contributed by atoms with E-state index < -0.39 is 0 Å². The molecule has 0 aromatic rings. The number of methoxy groups -OCH3 is 4. The van der Waals surface area contributed by atoms with Crippen LogP contribution in [-0.2, 0) is 23.7 Å². The van der Waals surface area contributed by atoms with Gasteiger partial charge < -0.3 is 23.8 Å². The summed E-state index contributed by atoms with van der Waals surface area (Å²) in [5.74, 6) is -0.269. The van der Waals surface area contributed by atoms with Crippen LogP contribution in [0.15, 0.2) is 0 Å². The Morgan fingerprint density at radius 3 is 1.30 bits per heavy atom. The fourth-order valence-corrected chi connectivity index (χ4v) is 0.809. The van der Waals surface area contributed by atoms with Crippen molar-refractivity contribution in [2.24, 2.45) is 0 Å². The molecule has 0 atom stereocenters. The Kier molecular flexibility index (Phi) is 61.3. The molecule has 0 N–H and O–H groups in total. The molecule has 0 aromatic heterocycles. The van der Waals surface area contributed by atoms with Gasteiger partial charge in [0.1, 0.15) is 0 Å². The minimum absolute atomic E-state index is 0.219. The SMILES string of the molecule is [CH2]CC(=O)OC.[CH2]CCCOC.[CH2]CCN(C)C.[CH2]CCOC.[CH2]COC. The molecular formula is C21H46NO5. The molecule has 0 heterocycles. The number of hydrogen-bond acceptors (Lipinski definition) is 6. The third-order valence-electron chi connectivity index (χ3n) is 2.19. The van der Waals surface area contributed by atoms with Gasteiger partial charge >= 0.3 is 5.97 Å². The van der Waals surface area contributed by atoms with E-state index in [1.165, 1.54) is 7.11 Å². The Morgan fingerprint density at radius 2 is 1.26 bits per heavy atom. The lowest BCUT2D eigenvalue weighted by Crippen LogP contribution is -2.11. The number of unbranched alkanes of at least 4 members (excludes halogenated alkanes) is 1. The van der Waals surface area contributed by atoms with Crippen LogP contribution in [-0.4, -0.2) is 79.8 Å². The average Bonchev–Trinajstić information content (AvgIpc) is 2.67. The van der Waals surface area contributed by atoms with Crippen LogP contribution in [0.2, 0.25) is 0 Å². The topological polar surface area (TPSA) is 57.2 Å². The van der Waals surface area contributed by atoms with Crippen molar-refractivity contribution in [2.45, 2.75) is 32.1 Å². The number of esters is 1. The van der Waals surface area contributed by atoms with Crippen LogP contribution in [0.3, 0.4) is 0 Å². The van der Waals surface area contributed by atoms with Gasteiger partial charge in [0.05, 0.1) is 7.11 Å². The van der Waals surface area contributed by atoms with E-state index >= 15 is 0 Å². The van der Waals surface area contributed by atoms with E-state index in [0.717, 1.165) is 45.4 Å². The number of hydrogen-bond donors (Lipinski definition) is 0. The molecule has 0 amide bonds. The third kappa shape index (κ3) is 90.8. The quantitative estimate of drug-likeness (QED) is 0.440. The van der Waals surface area contributed by atoms with E-state index in [0.29, 0.717) is 6.61 Å². The molecule has 165 valence electrons. The van der Waals surface area contributed by atoms with Crippen LogP contribution in [0.4, 0.5) is 0 Å². The summed E-state index contributed by atoms with van der Waals surface area (Å²) in [7, 11) is 10.4. The summed E-state index contributed by atoms with van der Waals surface area (Å²) in [4.78, 5) is 12.0. The largest absolute Gasteiger partial charge is 0.469 e. The van der Waals surface area contributed by atoms with Gasteiger partial charge in [-0.15, -0.1) is 0 Å². The van der Waals surface area contributed by atoms with Crippen molar-refractivity contribution < 1.29 is 23.7 Å². The lowest BCUT2D eigenvalue weighted by atomic mass is 10.4. The number of nitrogens with zero attached hydrogens (tertiary/aromatic N) is 1. The zero-order chi connectivity index (χ0) is 22.3. The molecule has 5 radical (unpaired) electrons. The van der Waals surface area contributed by atoms with Gasteiger partial charge in [-0.1, -0.05) is 27.2 Å². The maximum Gasteiger partial charge on any atom is 0.305 e. The molecule has 0 aliphatic carbocycles. The Bertz CT molecular complexity index is 201. The van der Waals surface area contributed by atoms with E-state index in [9.17, 15) is 4.79 Å². The minimum atomic E-state index is -0.269. The van der Waals surface area contributed by atoms with E-state index in [1.807, 2.05) is 14.1 Å². The molecule has 6 heteroatoms.